The maximum Gasteiger partial charge on any atom is 0.303 e. The Labute approximate surface area is 132 Å². The van der Waals surface area contributed by atoms with Gasteiger partial charge in [0.1, 0.15) is 0 Å². The zero-order chi connectivity index (χ0) is 15.8. The van der Waals surface area contributed by atoms with Crippen molar-refractivity contribution < 1.29 is 9.90 Å². The van der Waals surface area contributed by atoms with Crippen LogP contribution in [0.1, 0.15) is 97.3 Å². The number of carboxylic acid groups (broad SMARTS) is 1. The predicted octanol–water partition coefficient (Wildman–Crippen LogP) is 6.35. The first-order valence-corrected chi connectivity index (χ1v) is 9.03. The number of allylic oxidation sites excluding steroid dienone is 2. The predicted molar refractivity (Wildman–Crippen MR) is 91.6 cm³/mol. The Bertz CT molecular complexity index is 258. The molecule has 0 saturated carbocycles. The van der Waals surface area contributed by atoms with Crippen LogP contribution in [-0.4, -0.2) is 11.1 Å². The van der Waals surface area contributed by atoms with E-state index >= 15 is 0 Å². The molecule has 0 aliphatic heterocycles. The van der Waals surface area contributed by atoms with Crippen LogP contribution in [-0.2, 0) is 4.79 Å². The molecule has 0 aromatic rings. The van der Waals surface area contributed by atoms with E-state index in [1.807, 2.05) is 0 Å². The molecule has 2 heteroatoms. The molecule has 0 aliphatic carbocycles. The fraction of sp³-hybridized carbons (Fsp3) is 0.842. The number of carbonyl (C=O) groups is 1. The number of unbranched alkanes of at least 4 members (excludes halogenated alkanes) is 7. The molecule has 0 heterocycles. The van der Waals surface area contributed by atoms with E-state index in [9.17, 15) is 4.79 Å². The van der Waals surface area contributed by atoms with Gasteiger partial charge in [0.15, 0.2) is 0 Å². The normalized spacial score (nSPS) is 12.9. The summed E-state index contributed by atoms with van der Waals surface area (Å²) in [7, 11) is 0. The van der Waals surface area contributed by atoms with E-state index in [-0.39, 0.29) is 0 Å². The van der Waals surface area contributed by atoms with Crippen LogP contribution >= 0.6 is 0 Å². The maximum absolute atomic E-state index is 10.4. The van der Waals surface area contributed by atoms with Crippen molar-refractivity contribution in [1.29, 1.82) is 0 Å². The summed E-state index contributed by atoms with van der Waals surface area (Å²) in [6, 6.07) is 0. The highest BCUT2D eigenvalue weighted by molar-refractivity contribution is 5.66. The smallest absolute Gasteiger partial charge is 0.303 e. The second kappa shape index (κ2) is 15.6. The molecule has 0 rings (SSSR count). The molecule has 0 aliphatic rings. The highest BCUT2D eigenvalue weighted by Crippen LogP contribution is 2.16. The van der Waals surface area contributed by atoms with Gasteiger partial charge in [-0.3, -0.25) is 4.79 Å². The van der Waals surface area contributed by atoms with Crippen molar-refractivity contribution in [3.8, 4) is 0 Å². The summed E-state index contributed by atoms with van der Waals surface area (Å²) in [5.41, 5.74) is 0. The third-order valence-electron chi connectivity index (χ3n) is 4.05. The Balaban J connectivity index is 3.28. The minimum Gasteiger partial charge on any atom is -0.481 e. The second-order valence-corrected chi connectivity index (χ2v) is 6.35. The monoisotopic (exact) mass is 296 g/mol. The van der Waals surface area contributed by atoms with Crippen molar-refractivity contribution in [3.63, 3.8) is 0 Å². The van der Waals surface area contributed by atoms with Gasteiger partial charge in [-0.05, 0) is 38.0 Å². The molecule has 0 saturated heterocycles. The van der Waals surface area contributed by atoms with Crippen LogP contribution < -0.4 is 0 Å². The summed E-state index contributed by atoms with van der Waals surface area (Å²) in [6.45, 7) is 4.63. The van der Waals surface area contributed by atoms with Gasteiger partial charge >= 0.3 is 5.97 Å². The molecule has 1 atom stereocenters. The fourth-order valence-corrected chi connectivity index (χ4v) is 2.57. The molecule has 2 nitrogen and oxygen atoms in total. The van der Waals surface area contributed by atoms with Crippen LogP contribution in [0.4, 0.5) is 0 Å². The lowest BCUT2D eigenvalue weighted by Gasteiger charge is -2.09. The molecule has 0 aromatic heterocycles. The maximum atomic E-state index is 10.4. The van der Waals surface area contributed by atoms with Gasteiger partial charge in [-0.25, -0.2) is 0 Å². The quantitative estimate of drug-likeness (QED) is 0.282. The average Bonchev–Trinajstić information content (AvgIpc) is 2.45. The summed E-state index contributed by atoms with van der Waals surface area (Å²) in [4.78, 5) is 10.4. The van der Waals surface area contributed by atoms with E-state index in [2.05, 4.69) is 26.0 Å². The van der Waals surface area contributed by atoms with Crippen molar-refractivity contribution in [2.75, 3.05) is 0 Å². The second-order valence-electron chi connectivity index (χ2n) is 6.35. The number of hydrogen-bond acceptors (Lipinski definition) is 1. The average molecular weight is 296 g/mol. The van der Waals surface area contributed by atoms with Gasteiger partial charge in [-0.15, -0.1) is 0 Å². The molecule has 1 N–H and O–H groups in total. The lowest BCUT2D eigenvalue weighted by Crippen LogP contribution is -1.94. The van der Waals surface area contributed by atoms with Gasteiger partial charge in [0.2, 0.25) is 0 Å². The molecule has 21 heavy (non-hydrogen) atoms. The van der Waals surface area contributed by atoms with Crippen LogP contribution in [0.5, 0.6) is 0 Å². The summed E-state index contributed by atoms with van der Waals surface area (Å²) in [6.07, 6.45) is 19.8. The van der Waals surface area contributed by atoms with Crippen molar-refractivity contribution in [1.82, 2.24) is 0 Å². The molecule has 0 fully saturated rings. The van der Waals surface area contributed by atoms with Crippen LogP contribution in [0.25, 0.3) is 0 Å². The minimum absolute atomic E-state index is 0.309. The van der Waals surface area contributed by atoms with Crippen molar-refractivity contribution in [3.05, 3.63) is 12.2 Å². The van der Waals surface area contributed by atoms with Gasteiger partial charge in [0, 0.05) is 6.42 Å². The topological polar surface area (TPSA) is 37.3 Å². The van der Waals surface area contributed by atoms with Gasteiger partial charge in [-0.1, -0.05) is 70.9 Å². The van der Waals surface area contributed by atoms with Crippen molar-refractivity contribution >= 4 is 5.97 Å². The van der Waals surface area contributed by atoms with E-state index in [1.54, 1.807) is 0 Å². The first-order chi connectivity index (χ1) is 10.2. The lowest BCUT2D eigenvalue weighted by atomic mass is 9.97. The Morgan fingerprint density at radius 1 is 0.905 bits per heavy atom. The summed E-state index contributed by atoms with van der Waals surface area (Å²) in [5, 5.41) is 8.53. The SMILES string of the molecule is CCCCCCCCC(C)CCC=CCCCCC(=O)O. The van der Waals surface area contributed by atoms with Crippen LogP contribution in [0.15, 0.2) is 12.2 Å². The van der Waals surface area contributed by atoms with Crippen LogP contribution in [0.3, 0.4) is 0 Å². The molecular formula is C19H36O2. The number of aliphatic carboxylic acids is 1. The lowest BCUT2D eigenvalue weighted by molar-refractivity contribution is -0.137. The number of hydrogen-bond donors (Lipinski definition) is 1. The van der Waals surface area contributed by atoms with E-state index in [0.29, 0.717) is 6.42 Å². The Morgan fingerprint density at radius 2 is 1.57 bits per heavy atom. The van der Waals surface area contributed by atoms with Crippen LogP contribution in [0, 0.1) is 5.92 Å². The summed E-state index contributed by atoms with van der Waals surface area (Å²) < 4.78 is 0. The first-order valence-electron chi connectivity index (χ1n) is 9.03. The Kier molecular flexibility index (Phi) is 15.0. The summed E-state index contributed by atoms with van der Waals surface area (Å²) in [5.74, 6) is 0.162. The van der Waals surface area contributed by atoms with E-state index in [0.717, 1.165) is 25.2 Å². The Hall–Kier alpha value is -0.790. The first kappa shape index (κ1) is 20.2. The molecule has 1 unspecified atom stereocenters. The zero-order valence-corrected chi connectivity index (χ0v) is 14.3. The third-order valence-corrected chi connectivity index (χ3v) is 4.05. The van der Waals surface area contributed by atoms with Crippen molar-refractivity contribution in [2.24, 2.45) is 5.92 Å². The Morgan fingerprint density at radius 3 is 2.29 bits per heavy atom. The number of rotatable bonds is 15. The highest BCUT2D eigenvalue weighted by Gasteiger charge is 2.00. The molecule has 0 aromatic carbocycles. The third kappa shape index (κ3) is 17.2. The summed E-state index contributed by atoms with van der Waals surface area (Å²) >= 11 is 0. The van der Waals surface area contributed by atoms with E-state index < -0.39 is 5.97 Å². The van der Waals surface area contributed by atoms with E-state index in [1.165, 1.54) is 57.8 Å². The van der Waals surface area contributed by atoms with Gasteiger partial charge in [0.05, 0.1) is 0 Å². The number of carboxylic acids is 1. The molecule has 0 radical (unpaired) electrons. The zero-order valence-electron chi connectivity index (χ0n) is 14.3. The molecular weight excluding hydrogens is 260 g/mol. The van der Waals surface area contributed by atoms with Gasteiger partial charge in [-0.2, -0.15) is 0 Å². The van der Waals surface area contributed by atoms with E-state index in [4.69, 9.17) is 5.11 Å². The van der Waals surface area contributed by atoms with Gasteiger partial charge < -0.3 is 5.11 Å². The van der Waals surface area contributed by atoms with Crippen LogP contribution in [0.2, 0.25) is 0 Å². The molecule has 124 valence electrons. The minimum atomic E-state index is -0.678. The highest BCUT2D eigenvalue weighted by atomic mass is 16.4. The van der Waals surface area contributed by atoms with Gasteiger partial charge in [0.25, 0.3) is 0 Å². The molecule has 0 amide bonds. The molecule has 0 bridgehead atoms. The molecule has 0 spiro atoms. The standard InChI is InChI=1S/C19H36O2/c1-3-4-5-6-9-12-15-18(2)16-13-10-7-8-11-14-17-19(20)21/h7,10,18H,3-6,8-9,11-17H2,1-2H3,(H,20,21). The van der Waals surface area contributed by atoms with Crippen molar-refractivity contribution in [2.45, 2.75) is 97.3 Å². The fourth-order valence-electron chi connectivity index (χ4n) is 2.57. The largest absolute Gasteiger partial charge is 0.481 e.